The first kappa shape index (κ1) is 18.7. The zero-order chi connectivity index (χ0) is 17.2. The van der Waals surface area contributed by atoms with Gasteiger partial charge in [-0.05, 0) is 63.6 Å². The molecule has 1 N–H and O–H groups in total. The van der Waals surface area contributed by atoms with Gasteiger partial charge in [0.05, 0.1) is 6.10 Å². The molecule has 0 aromatic rings. The van der Waals surface area contributed by atoms with Crippen LogP contribution in [0.25, 0.3) is 0 Å². The number of carbonyl (C=O) groups is 1. The fraction of sp³-hybridized carbons (Fsp3) is 0.947. The highest BCUT2D eigenvalue weighted by Crippen LogP contribution is 2.38. The molecule has 1 saturated heterocycles. The summed E-state index contributed by atoms with van der Waals surface area (Å²) in [5, 5.41) is 10.5. The Morgan fingerprint density at radius 1 is 1.22 bits per heavy atom. The minimum absolute atomic E-state index is 0.0863. The molecule has 0 aromatic carbocycles. The summed E-state index contributed by atoms with van der Waals surface area (Å²) in [6.07, 6.45) is 4.76. The highest BCUT2D eigenvalue weighted by molar-refractivity contribution is 5.79. The molecule has 4 heteroatoms. The van der Waals surface area contributed by atoms with Crippen molar-refractivity contribution >= 4 is 5.91 Å². The number of rotatable bonds is 6. The van der Waals surface area contributed by atoms with Crippen molar-refractivity contribution in [2.24, 2.45) is 17.3 Å². The van der Waals surface area contributed by atoms with Crippen LogP contribution >= 0.6 is 0 Å². The second-order valence-corrected chi connectivity index (χ2v) is 9.07. The van der Waals surface area contributed by atoms with E-state index in [-0.39, 0.29) is 17.2 Å². The molecule has 1 aliphatic heterocycles. The first-order valence-corrected chi connectivity index (χ1v) is 9.34. The molecule has 23 heavy (non-hydrogen) atoms. The average Bonchev–Trinajstić information content (AvgIpc) is 3.27. The standard InChI is InChI=1S/C19H36N2O2/c1-14(15-6-7-15)18(23)21(13-17(22)12-19(2,3)4)16-8-10-20(5)11-9-16/h14-17,22H,6-13H2,1-5H3/t14-,17-/m0/s1. The van der Waals surface area contributed by atoms with Crippen molar-refractivity contribution in [1.82, 2.24) is 9.80 Å². The lowest BCUT2D eigenvalue weighted by Gasteiger charge is -2.40. The predicted octanol–water partition coefficient (Wildman–Crippen LogP) is 2.75. The van der Waals surface area contributed by atoms with Crippen LogP contribution in [-0.4, -0.2) is 59.6 Å². The lowest BCUT2D eigenvalue weighted by molar-refractivity contribution is -0.141. The van der Waals surface area contributed by atoms with Gasteiger partial charge in [-0.3, -0.25) is 4.79 Å². The fourth-order valence-electron chi connectivity index (χ4n) is 3.78. The first-order chi connectivity index (χ1) is 10.7. The van der Waals surface area contributed by atoms with E-state index in [1.165, 1.54) is 12.8 Å². The van der Waals surface area contributed by atoms with Gasteiger partial charge in [0.1, 0.15) is 0 Å². The van der Waals surface area contributed by atoms with E-state index in [4.69, 9.17) is 0 Å². The van der Waals surface area contributed by atoms with E-state index in [9.17, 15) is 9.90 Å². The highest BCUT2D eigenvalue weighted by atomic mass is 16.3. The summed E-state index contributed by atoms with van der Waals surface area (Å²) in [5.74, 6) is 0.975. The van der Waals surface area contributed by atoms with Crippen LogP contribution in [0.15, 0.2) is 0 Å². The Labute approximate surface area is 142 Å². The molecular formula is C19H36N2O2. The Bertz CT molecular complexity index is 393. The summed E-state index contributed by atoms with van der Waals surface area (Å²) in [6.45, 7) is 11.1. The topological polar surface area (TPSA) is 43.8 Å². The van der Waals surface area contributed by atoms with Crippen molar-refractivity contribution in [3.05, 3.63) is 0 Å². The number of aliphatic hydroxyl groups is 1. The lowest BCUT2D eigenvalue weighted by atomic mass is 9.88. The minimum atomic E-state index is -0.426. The van der Waals surface area contributed by atoms with Crippen LogP contribution in [0.1, 0.15) is 59.8 Å². The molecule has 1 heterocycles. The maximum absolute atomic E-state index is 13.0. The van der Waals surface area contributed by atoms with Crippen molar-refractivity contribution in [3.8, 4) is 0 Å². The average molecular weight is 325 g/mol. The molecule has 0 spiro atoms. The molecular weight excluding hydrogens is 288 g/mol. The zero-order valence-electron chi connectivity index (χ0n) is 15.7. The molecule has 134 valence electrons. The molecule has 2 atom stereocenters. The Kier molecular flexibility index (Phi) is 6.12. The summed E-state index contributed by atoms with van der Waals surface area (Å²) in [4.78, 5) is 17.4. The molecule has 2 aliphatic rings. The maximum atomic E-state index is 13.0. The largest absolute Gasteiger partial charge is 0.391 e. The van der Waals surface area contributed by atoms with Gasteiger partial charge in [-0.1, -0.05) is 27.7 Å². The third kappa shape index (κ3) is 5.75. The number of amides is 1. The van der Waals surface area contributed by atoms with Crippen LogP contribution < -0.4 is 0 Å². The number of nitrogens with zero attached hydrogens (tertiary/aromatic N) is 2. The molecule has 4 nitrogen and oxygen atoms in total. The van der Waals surface area contributed by atoms with Crippen molar-refractivity contribution in [3.63, 3.8) is 0 Å². The number of hydrogen-bond donors (Lipinski definition) is 1. The van der Waals surface area contributed by atoms with Crippen LogP contribution in [0.3, 0.4) is 0 Å². The second-order valence-electron chi connectivity index (χ2n) is 9.07. The molecule has 0 bridgehead atoms. The minimum Gasteiger partial charge on any atom is -0.391 e. The van der Waals surface area contributed by atoms with Gasteiger partial charge < -0.3 is 14.9 Å². The fourth-order valence-corrected chi connectivity index (χ4v) is 3.78. The first-order valence-electron chi connectivity index (χ1n) is 9.34. The van der Waals surface area contributed by atoms with Crippen LogP contribution in [0.5, 0.6) is 0 Å². The van der Waals surface area contributed by atoms with E-state index in [0.29, 0.717) is 18.5 Å². The third-order valence-corrected chi connectivity index (χ3v) is 5.39. The number of carbonyl (C=O) groups excluding carboxylic acids is 1. The summed E-state index contributed by atoms with van der Waals surface area (Å²) in [5.41, 5.74) is 0.0863. The summed E-state index contributed by atoms with van der Waals surface area (Å²) in [6, 6.07) is 0.300. The third-order valence-electron chi connectivity index (χ3n) is 5.39. The SMILES string of the molecule is C[C@H](C(=O)N(C[C@@H](O)CC(C)(C)C)C1CCN(C)CC1)C1CC1. The zero-order valence-corrected chi connectivity index (χ0v) is 15.7. The Morgan fingerprint density at radius 2 is 1.78 bits per heavy atom. The maximum Gasteiger partial charge on any atom is 0.226 e. The quantitative estimate of drug-likeness (QED) is 0.817. The Hall–Kier alpha value is -0.610. The molecule has 1 aliphatic carbocycles. The van der Waals surface area contributed by atoms with E-state index in [1.54, 1.807) is 0 Å². The molecule has 0 unspecified atom stereocenters. The number of aliphatic hydroxyl groups excluding tert-OH is 1. The van der Waals surface area contributed by atoms with Gasteiger partial charge in [-0.15, -0.1) is 0 Å². The van der Waals surface area contributed by atoms with E-state index >= 15 is 0 Å². The Balaban J connectivity index is 2.02. The molecule has 2 fully saturated rings. The molecule has 1 saturated carbocycles. The van der Waals surface area contributed by atoms with E-state index in [2.05, 4.69) is 39.6 Å². The van der Waals surface area contributed by atoms with Gasteiger partial charge in [-0.2, -0.15) is 0 Å². The normalized spacial score (nSPS) is 23.6. The van der Waals surface area contributed by atoms with Crippen molar-refractivity contribution in [1.29, 1.82) is 0 Å². The van der Waals surface area contributed by atoms with Gasteiger partial charge in [-0.25, -0.2) is 0 Å². The smallest absolute Gasteiger partial charge is 0.226 e. The van der Waals surface area contributed by atoms with Gasteiger partial charge in [0.15, 0.2) is 0 Å². The van der Waals surface area contributed by atoms with Crippen LogP contribution in [0.2, 0.25) is 0 Å². The summed E-state index contributed by atoms with van der Waals surface area (Å²) < 4.78 is 0. The van der Waals surface area contributed by atoms with Crippen molar-refractivity contribution in [2.75, 3.05) is 26.7 Å². The lowest BCUT2D eigenvalue weighted by Crippen LogP contribution is -2.51. The molecule has 0 aromatic heterocycles. The molecule has 2 rings (SSSR count). The van der Waals surface area contributed by atoms with E-state index in [0.717, 1.165) is 32.4 Å². The van der Waals surface area contributed by atoms with E-state index in [1.807, 2.05) is 4.90 Å². The summed E-state index contributed by atoms with van der Waals surface area (Å²) in [7, 11) is 2.14. The highest BCUT2D eigenvalue weighted by Gasteiger charge is 2.38. The molecule has 0 radical (unpaired) electrons. The van der Waals surface area contributed by atoms with E-state index < -0.39 is 6.10 Å². The number of hydrogen-bond acceptors (Lipinski definition) is 3. The monoisotopic (exact) mass is 324 g/mol. The van der Waals surface area contributed by atoms with Gasteiger partial charge in [0, 0.05) is 18.5 Å². The number of piperidine rings is 1. The van der Waals surface area contributed by atoms with Crippen LogP contribution in [-0.2, 0) is 4.79 Å². The van der Waals surface area contributed by atoms with Crippen molar-refractivity contribution in [2.45, 2.75) is 71.9 Å². The van der Waals surface area contributed by atoms with Crippen LogP contribution in [0.4, 0.5) is 0 Å². The van der Waals surface area contributed by atoms with Gasteiger partial charge in [0.25, 0.3) is 0 Å². The van der Waals surface area contributed by atoms with Gasteiger partial charge in [0.2, 0.25) is 5.91 Å². The number of likely N-dealkylation sites (tertiary alicyclic amines) is 1. The predicted molar refractivity (Wildman–Crippen MR) is 94.2 cm³/mol. The molecule has 1 amide bonds. The second kappa shape index (κ2) is 7.52. The van der Waals surface area contributed by atoms with Crippen LogP contribution in [0, 0.1) is 17.3 Å². The summed E-state index contributed by atoms with van der Waals surface area (Å²) >= 11 is 0. The Morgan fingerprint density at radius 3 is 2.26 bits per heavy atom. The van der Waals surface area contributed by atoms with Gasteiger partial charge >= 0.3 is 0 Å². The van der Waals surface area contributed by atoms with Crippen molar-refractivity contribution < 1.29 is 9.90 Å².